The lowest BCUT2D eigenvalue weighted by Crippen LogP contribution is -2.29. The number of rotatable bonds is 5. The molecule has 110 valence electrons. The van der Waals surface area contributed by atoms with Crippen molar-refractivity contribution >= 4 is 5.97 Å². The second-order valence-electron chi connectivity index (χ2n) is 5.03. The van der Waals surface area contributed by atoms with Crippen molar-refractivity contribution in [3.05, 3.63) is 54.4 Å². The molecule has 1 aromatic carbocycles. The predicted octanol–water partition coefficient (Wildman–Crippen LogP) is 2.91. The molecule has 1 atom stereocenters. The molecule has 4 heteroatoms. The SMILES string of the molecule is COC(=O)CN(C)[C@@H](C)c1cccc(-c2ccncc2)c1. The van der Waals surface area contributed by atoms with E-state index in [2.05, 4.69) is 30.1 Å². The quantitative estimate of drug-likeness (QED) is 0.792. The lowest BCUT2D eigenvalue weighted by atomic mass is 10.0. The third kappa shape index (κ3) is 3.89. The highest BCUT2D eigenvalue weighted by Crippen LogP contribution is 2.25. The normalized spacial score (nSPS) is 12.2. The lowest BCUT2D eigenvalue weighted by molar-refractivity contribution is -0.142. The van der Waals surface area contributed by atoms with Crippen molar-refractivity contribution in [2.75, 3.05) is 20.7 Å². The number of likely N-dealkylation sites (N-methyl/N-ethyl adjacent to an activating group) is 1. The number of ether oxygens (including phenoxy) is 1. The first-order chi connectivity index (χ1) is 10.1. The van der Waals surface area contributed by atoms with Crippen LogP contribution in [0.2, 0.25) is 0 Å². The molecule has 0 unspecified atom stereocenters. The molecule has 2 rings (SSSR count). The monoisotopic (exact) mass is 284 g/mol. The van der Waals surface area contributed by atoms with Gasteiger partial charge in [-0.3, -0.25) is 14.7 Å². The van der Waals surface area contributed by atoms with Crippen molar-refractivity contribution < 1.29 is 9.53 Å². The molecule has 0 amide bonds. The zero-order valence-corrected chi connectivity index (χ0v) is 12.6. The molecule has 0 radical (unpaired) electrons. The maximum atomic E-state index is 11.4. The molecule has 1 heterocycles. The molecule has 0 saturated heterocycles. The van der Waals surface area contributed by atoms with Crippen LogP contribution in [0.1, 0.15) is 18.5 Å². The number of methoxy groups -OCH3 is 1. The van der Waals surface area contributed by atoms with Crippen molar-refractivity contribution in [3.8, 4) is 11.1 Å². The number of hydrogen-bond donors (Lipinski definition) is 0. The molecule has 21 heavy (non-hydrogen) atoms. The summed E-state index contributed by atoms with van der Waals surface area (Å²) in [4.78, 5) is 17.4. The maximum absolute atomic E-state index is 11.4. The Hall–Kier alpha value is -2.20. The van der Waals surface area contributed by atoms with Gasteiger partial charge in [0.15, 0.2) is 0 Å². The van der Waals surface area contributed by atoms with Gasteiger partial charge in [-0.25, -0.2) is 0 Å². The van der Waals surface area contributed by atoms with E-state index in [1.807, 2.05) is 30.1 Å². The van der Waals surface area contributed by atoms with Crippen molar-refractivity contribution in [2.24, 2.45) is 0 Å². The number of benzene rings is 1. The van der Waals surface area contributed by atoms with Gasteiger partial charge < -0.3 is 4.74 Å². The summed E-state index contributed by atoms with van der Waals surface area (Å²) in [5.74, 6) is -0.227. The molecule has 0 bridgehead atoms. The van der Waals surface area contributed by atoms with Gasteiger partial charge in [0.2, 0.25) is 0 Å². The number of carbonyl (C=O) groups is 1. The highest BCUT2D eigenvalue weighted by molar-refractivity contribution is 5.71. The van der Waals surface area contributed by atoms with Crippen molar-refractivity contribution in [1.29, 1.82) is 0 Å². The molecule has 4 nitrogen and oxygen atoms in total. The topological polar surface area (TPSA) is 42.4 Å². The van der Waals surface area contributed by atoms with E-state index in [1.165, 1.54) is 7.11 Å². The van der Waals surface area contributed by atoms with Crippen LogP contribution in [0.15, 0.2) is 48.8 Å². The fraction of sp³-hybridized carbons (Fsp3) is 0.294. The Morgan fingerprint density at radius 1 is 1.24 bits per heavy atom. The van der Waals surface area contributed by atoms with E-state index in [9.17, 15) is 4.79 Å². The van der Waals surface area contributed by atoms with Gasteiger partial charge >= 0.3 is 5.97 Å². The molecule has 2 aromatic rings. The summed E-state index contributed by atoms with van der Waals surface area (Å²) in [6.45, 7) is 2.35. The number of hydrogen-bond acceptors (Lipinski definition) is 4. The molecule has 0 fully saturated rings. The summed E-state index contributed by atoms with van der Waals surface area (Å²) in [5, 5.41) is 0. The van der Waals surface area contributed by atoms with E-state index in [-0.39, 0.29) is 18.6 Å². The Labute approximate surface area is 125 Å². The van der Waals surface area contributed by atoms with E-state index >= 15 is 0 Å². The van der Waals surface area contributed by atoms with Crippen LogP contribution in [0.5, 0.6) is 0 Å². The minimum atomic E-state index is -0.227. The fourth-order valence-electron chi connectivity index (χ4n) is 2.18. The summed E-state index contributed by atoms with van der Waals surface area (Å²) in [6.07, 6.45) is 3.57. The zero-order valence-electron chi connectivity index (χ0n) is 12.6. The minimum absolute atomic E-state index is 0.130. The molecule has 0 aliphatic rings. The van der Waals surface area contributed by atoms with E-state index in [4.69, 9.17) is 4.74 Å². The Morgan fingerprint density at radius 3 is 2.62 bits per heavy atom. The van der Waals surface area contributed by atoms with Gasteiger partial charge in [-0.1, -0.05) is 18.2 Å². The molecule has 0 saturated carbocycles. The van der Waals surface area contributed by atoms with E-state index in [1.54, 1.807) is 12.4 Å². The van der Waals surface area contributed by atoms with E-state index in [0.717, 1.165) is 16.7 Å². The third-order valence-corrected chi connectivity index (χ3v) is 3.65. The van der Waals surface area contributed by atoms with Crippen LogP contribution < -0.4 is 0 Å². The van der Waals surface area contributed by atoms with Crippen molar-refractivity contribution in [3.63, 3.8) is 0 Å². The van der Waals surface area contributed by atoms with Gasteiger partial charge in [0.25, 0.3) is 0 Å². The summed E-state index contributed by atoms with van der Waals surface area (Å²) in [6, 6.07) is 12.4. The minimum Gasteiger partial charge on any atom is -0.468 e. The van der Waals surface area contributed by atoms with Gasteiger partial charge in [-0.05, 0) is 48.9 Å². The molecular formula is C17H20N2O2. The maximum Gasteiger partial charge on any atom is 0.319 e. The van der Waals surface area contributed by atoms with Gasteiger partial charge in [0, 0.05) is 18.4 Å². The number of nitrogens with zero attached hydrogens (tertiary/aromatic N) is 2. The van der Waals surface area contributed by atoms with E-state index in [0.29, 0.717) is 0 Å². The molecule has 0 spiro atoms. The summed E-state index contributed by atoms with van der Waals surface area (Å²) in [7, 11) is 3.32. The van der Waals surface area contributed by atoms with Gasteiger partial charge in [0.05, 0.1) is 13.7 Å². The molecule has 0 N–H and O–H groups in total. The van der Waals surface area contributed by atoms with E-state index < -0.39 is 0 Å². The average Bonchev–Trinajstić information content (AvgIpc) is 2.54. The van der Waals surface area contributed by atoms with Crippen LogP contribution in [-0.4, -0.2) is 36.6 Å². The Morgan fingerprint density at radius 2 is 1.95 bits per heavy atom. The molecule has 0 aliphatic carbocycles. The van der Waals surface area contributed by atoms with Crippen molar-refractivity contribution in [1.82, 2.24) is 9.88 Å². The number of pyridine rings is 1. The molecular weight excluding hydrogens is 264 g/mol. The average molecular weight is 284 g/mol. The second kappa shape index (κ2) is 6.99. The van der Waals surface area contributed by atoms with Crippen LogP contribution in [0.3, 0.4) is 0 Å². The summed E-state index contributed by atoms with van der Waals surface area (Å²) in [5.41, 5.74) is 3.44. The van der Waals surface area contributed by atoms with Gasteiger partial charge in [-0.15, -0.1) is 0 Å². The second-order valence-corrected chi connectivity index (χ2v) is 5.03. The standard InChI is InChI=1S/C17H20N2O2/c1-13(19(2)12-17(20)21-3)15-5-4-6-16(11-15)14-7-9-18-10-8-14/h4-11,13H,12H2,1-3H3/t13-/m0/s1. The molecule has 1 aromatic heterocycles. The summed E-state index contributed by atoms with van der Waals surface area (Å²) < 4.78 is 4.71. The van der Waals surface area contributed by atoms with Gasteiger partial charge in [-0.2, -0.15) is 0 Å². The Bertz CT molecular complexity index is 599. The van der Waals surface area contributed by atoms with Crippen LogP contribution in [0.25, 0.3) is 11.1 Å². The first kappa shape index (κ1) is 15.2. The first-order valence-electron chi connectivity index (χ1n) is 6.89. The highest BCUT2D eigenvalue weighted by Gasteiger charge is 2.15. The Kier molecular flexibility index (Phi) is 5.06. The number of aromatic nitrogens is 1. The van der Waals surface area contributed by atoms with Gasteiger partial charge in [0.1, 0.15) is 0 Å². The largest absolute Gasteiger partial charge is 0.468 e. The van der Waals surface area contributed by atoms with Crippen LogP contribution in [0, 0.1) is 0 Å². The molecule has 0 aliphatic heterocycles. The van der Waals surface area contributed by atoms with Crippen LogP contribution >= 0.6 is 0 Å². The summed E-state index contributed by atoms with van der Waals surface area (Å²) >= 11 is 0. The Balaban J connectivity index is 2.19. The zero-order chi connectivity index (χ0) is 15.2. The smallest absolute Gasteiger partial charge is 0.319 e. The lowest BCUT2D eigenvalue weighted by Gasteiger charge is -2.24. The predicted molar refractivity (Wildman–Crippen MR) is 82.7 cm³/mol. The fourth-order valence-corrected chi connectivity index (χ4v) is 2.18. The van der Waals surface area contributed by atoms with Crippen molar-refractivity contribution in [2.45, 2.75) is 13.0 Å². The highest BCUT2D eigenvalue weighted by atomic mass is 16.5. The third-order valence-electron chi connectivity index (χ3n) is 3.65. The van der Waals surface area contributed by atoms with Crippen LogP contribution in [-0.2, 0) is 9.53 Å². The van der Waals surface area contributed by atoms with Crippen LogP contribution in [0.4, 0.5) is 0 Å². The number of esters is 1. The number of carbonyl (C=O) groups excluding carboxylic acids is 1. The first-order valence-corrected chi connectivity index (χ1v) is 6.89.